The molecule has 3 heterocycles. The fourth-order valence-electron chi connectivity index (χ4n) is 9.36. The van der Waals surface area contributed by atoms with E-state index in [-0.39, 0.29) is 54.9 Å². The molecule has 13 heteroatoms. The number of methoxy groups -OCH3 is 3. The van der Waals surface area contributed by atoms with Crippen LogP contribution in [0.15, 0.2) is 23.3 Å². The predicted molar refractivity (Wildman–Crippen MR) is 212 cm³/mol. The van der Waals surface area contributed by atoms with Crippen LogP contribution in [0.2, 0.25) is 0 Å². The lowest BCUT2D eigenvalue weighted by atomic mass is 9.82. The van der Waals surface area contributed by atoms with Crippen LogP contribution in [0, 0.1) is 29.6 Å². The molecule has 4 aliphatic rings. The van der Waals surface area contributed by atoms with Crippen LogP contribution in [-0.4, -0.2) is 120 Å². The van der Waals surface area contributed by atoms with Crippen molar-refractivity contribution < 1.29 is 53.1 Å². The first-order valence-electron chi connectivity index (χ1n) is 20.7. The number of piperidine rings is 1. The maximum absolute atomic E-state index is 14.3. The van der Waals surface area contributed by atoms with Crippen LogP contribution >= 0.6 is 11.6 Å². The minimum absolute atomic E-state index is 0.0425. The number of fused-ring (bicyclic) bond motifs is 3. The summed E-state index contributed by atoms with van der Waals surface area (Å²) in [6.45, 7) is 11.3. The number of carbonyl (C=O) groups excluding carboxylic acids is 4. The van der Waals surface area contributed by atoms with Gasteiger partial charge in [0.05, 0.1) is 29.8 Å². The van der Waals surface area contributed by atoms with Crippen LogP contribution in [0.25, 0.3) is 0 Å². The van der Waals surface area contributed by atoms with Gasteiger partial charge >= 0.3 is 5.97 Å². The van der Waals surface area contributed by atoms with E-state index in [0.29, 0.717) is 44.1 Å². The molecule has 1 amide bonds. The molecule has 0 unspecified atom stereocenters. The lowest BCUT2D eigenvalue weighted by Crippen LogP contribution is -2.64. The first kappa shape index (κ1) is 46.5. The number of aliphatic hydroxyl groups excluding tert-OH is 1. The Morgan fingerprint density at radius 1 is 0.964 bits per heavy atom. The molecule has 4 rings (SSSR count). The number of amides is 1. The first-order chi connectivity index (χ1) is 26.5. The smallest absolute Gasteiger partial charge is 0.329 e. The Balaban J connectivity index is 1.76. The number of ketones is 2. The summed E-state index contributed by atoms with van der Waals surface area (Å²) in [7, 11) is 4.71. The average Bonchev–Trinajstić information content (AvgIpc) is 3.18. The molecule has 2 saturated heterocycles. The predicted octanol–water partition coefficient (Wildman–Crippen LogP) is 5.72. The number of Topliss-reactive ketones (excluding diaryl/α,β-unsaturated/α-hetero) is 2. The molecule has 12 nitrogen and oxygen atoms in total. The molecule has 0 aromatic rings. The van der Waals surface area contributed by atoms with Crippen LogP contribution in [0.3, 0.4) is 0 Å². The Morgan fingerprint density at radius 3 is 2.27 bits per heavy atom. The first-order valence-corrected chi connectivity index (χ1v) is 21.2. The lowest BCUT2D eigenvalue weighted by Gasteiger charge is -2.47. The summed E-state index contributed by atoms with van der Waals surface area (Å²) < 4.78 is 29.9. The number of cyclic esters (lactones) is 1. The quantitative estimate of drug-likeness (QED) is 0.146. The summed E-state index contributed by atoms with van der Waals surface area (Å²) in [6.07, 6.45) is 5.16. The van der Waals surface area contributed by atoms with Gasteiger partial charge in [-0.15, -0.1) is 11.6 Å². The molecule has 0 aromatic carbocycles. The summed E-state index contributed by atoms with van der Waals surface area (Å²) >= 11 is 6.52. The molecule has 3 aliphatic heterocycles. The monoisotopic (exact) mass is 809 g/mol. The second-order valence-electron chi connectivity index (χ2n) is 17.1. The fourth-order valence-corrected chi connectivity index (χ4v) is 9.69. The highest BCUT2D eigenvalue weighted by molar-refractivity contribution is 6.39. The number of rotatable bonds is 6. The van der Waals surface area contributed by atoms with Gasteiger partial charge < -0.3 is 38.8 Å². The van der Waals surface area contributed by atoms with E-state index in [1.165, 1.54) is 19.1 Å². The number of alkyl halides is 1. The van der Waals surface area contributed by atoms with Gasteiger partial charge in [-0.3, -0.25) is 14.4 Å². The Hall–Kier alpha value is -2.19. The summed E-state index contributed by atoms with van der Waals surface area (Å²) in [5.41, 5.74) is 1.71. The van der Waals surface area contributed by atoms with Crippen molar-refractivity contribution in [2.24, 2.45) is 29.6 Å². The van der Waals surface area contributed by atoms with Gasteiger partial charge in [-0.1, -0.05) is 45.4 Å². The van der Waals surface area contributed by atoms with Crippen LogP contribution < -0.4 is 0 Å². The topological polar surface area (TPSA) is 158 Å². The van der Waals surface area contributed by atoms with E-state index >= 15 is 0 Å². The van der Waals surface area contributed by atoms with Crippen molar-refractivity contribution in [2.45, 2.75) is 166 Å². The van der Waals surface area contributed by atoms with E-state index in [9.17, 15) is 29.4 Å². The Kier molecular flexibility index (Phi) is 17.2. The van der Waals surface area contributed by atoms with E-state index in [1.54, 1.807) is 21.0 Å². The van der Waals surface area contributed by atoms with E-state index in [0.717, 1.165) is 18.4 Å². The van der Waals surface area contributed by atoms with Gasteiger partial charge in [-0.2, -0.15) is 0 Å². The zero-order valence-electron chi connectivity index (χ0n) is 35.0. The highest BCUT2D eigenvalue weighted by atomic mass is 35.5. The van der Waals surface area contributed by atoms with Crippen LogP contribution in [0.1, 0.15) is 112 Å². The molecular weight excluding hydrogens is 742 g/mol. The van der Waals surface area contributed by atoms with Crippen LogP contribution in [0.4, 0.5) is 0 Å². The van der Waals surface area contributed by atoms with Crippen molar-refractivity contribution in [3.63, 3.8) is 0 Å². The number of ether oxygens (including phenoxy) is 5. The molecule has 3 fully saturated rings. The van der Waals surface area contributed by atoms with Crippen LogP contribution in [0.5, 0.6) is 0 Å². The average molecular weight is 810 g/mol. The highest BCUT2D eigenvalue weighted by Gasteiger charge is 2.56. The minimum atomic E-state index is -2.49. The minimum Gasteiger partial charge on any atom is -0.456 e. The van der Waals surface area contributed by atoms with Crippen LogP contribution in [-0.2, 0) is 42.9 Å². The van der Waals surface area contributed by atoms with E-state index in [2.05, 4.69) is 6.92 Å². The molecule has 1 saturated carbocycles. The molecule has 0 radical (unpaired) electrons. The summed E-state index contributed by atoms with van der Waals surface area (Å²) in [6, 6.07) is -1.12. The Morgan fingerprint density at radius 2 is 1.62 bits per heavy atom. The largest absolute Gasteiger partial charge is 0.456 e. The second-order valence-corrected chi connectivity index (χ2v) is 17.7. The van der Waals surface area contributed by atoms with Gasteiger partial charge in [0.1, 0.15) is 24.0 Å². The highest BCUT2D eigenvalue weighted by Crippen LogP contribution is 2.39. The third-order valence-electron chi connectivity index (χ3n) is 12.8. The number of esters is 1. The van der Waals surface area contributed by atoms with Gasteiger partial charge in [-0.05, 0) is 95.5 Å². The maximum Gasteiger partial charge on any atom is 0.329 e. The van der Waals surface area contributed by atoms with Crippen molar-refractivity contribution in [3.8, 4) is 0 Å². The normalized spacial score (nSPS) is 40.6. The molecule has 2 N–H and O–H groups in total. The summed E-state index contributed by atoms with van der Waals surface area (Å²) in [5, 5.41) is 23.6. The van der Waals surface area contributed by atoms with Crippen molar-refractivity contribution in [2.75, 3.05) is 27.9 Å². The lowest BCUT2D eigenvalue weighted by molar-refractivity contribution is -0.302. The molecule has 2 bridgehead atoms. The van der Waals surface area contributed by atoms with Gasteiger partial charge in [-0.25, -0.2) is 4.79 Å². The number of allylic oxidation sites excluding steroid dienone is 3. The molecule has 318 valence electrons. The van der Waals surface area contributed by atoms with Crippen molar-refractivity contribution in [3.05, 3.63) is 23.3 Å². The number of hydrogen-bond donors (Lipinski definition) is 2. The summed E-state index contributed by atoms with van der Waals surface area (Å²) in [4.78, 5) is 57.7. The Bertz CT molecular complexity index is 1440. The van der Waals surface area contributed by atoms with Gasteiger partial charge in [0.2, 0.25) is 5.79 Å². The molecule has 0 aromatic heterocycles. The van der Waals surface area contributed by atoms with E-state index < -0.39 is 77.8 Å². The number of aliphatic hydroxyl groups is 2. The van der Waals surface area contributed by atoms with Gasteiger partial charge in [0, 0.05) is 52.0 Å². The number of halogens is 1. The van der Waals surface area contributed by atoms with Crippen molar-refractivity contribution >= 4 is 35.0 Å². The third kappa shape index (κ3) is 10.9. The number of nitrogens with zero attached hydrogens (tertiary/aromatic N) is 1. The zero-order chi connectivity index (χ0) is 41.5. The van der Waals surface area contributed by atoms with E-state index in [4.69, 9.17) is 35.3 Å². The summed E-state index contributed by atoms with van der Waals surface area (Å²) in [5.74, 6) is -7.31. The van der Waals surface area contributed by atoms with E-state index in [1.807, 2.05) is 32.9 Å². The third-order valence-corrected chi connectivity index (χ3v) is 13.3. The van der Waals surface area contributed by atoms with Gasteiger partial charge in [0.15, 0.2) is 0 Å². The maximum atomic E-state index is 14.3. The standard InChI is InChI=1S/C43H68ClNO11/c1-10-30-18-24(2)17-25(3)19-36(53-8)39-37(54-9)21-27(5)43(51,56-39)40(48)41(49)45-16-12-11-13-32(45)42(50)55-38(28(6)33(46)23-34(30)47)26(4)20-29-14-15-31(44)35(22-29)52-7/h18,20,25,27-33,35-39,46,51H,10-17,19,21-23H2,1-9H3/t25-,27+,28+,29-,30+,31+,32-,33-,35+,36-,37-,38+,39+,43+/m0/s1. The molecular formula is C43H68ClNO11. The van der Waals surface area contributed by atoms with Crippen molar-refractivity contribution in [1.29, 1.82) is 0 Å². The van der Waals surface area contributed by atoms with Crippen molar-refractivity contribution in [1.82, 2.24) is 4.90 Å². The number of hydrogen-bond acceptors (Lipinski definition) is 11. The molecule has 14 atom stereocenters. The Labute approximate surface area is 339 Å². The number of carbonyl (C=O) groups is 4. The molecule has 0 spiro atoms. The van der Waals surface area contributed by atoms with Gasteiger partial charge in [0.25, 0.3) is 11.7 Å². The zero-order valence-corrected chi connectivity index (χ0v) is 35.8. The molecule has 56 heavy (non-hydrogen) atoms. The molecule has 1 aliphatic carbocycles. The SMILES string of the molecule is CC[C@@H]1C=C(C)C[C@H](C)C[C@H](OC)[C@H]2O[C@@](O)(C(=O)C(=O)N3CCCC[C@H]3C(=O)O[C@H](C(C)=C[C@@H]3CC[C@@H](Cl)[C@H](OC)C3)[C@H](C)[C@@H](O)CC1=O)[C@H](C)C[C@@H]2OC. The fraction of sp³-hybridized carbons (Fsp3) is 0.814. The second kappa shape index (κ2) is 20.7.